The van der Waals surface area contributed by atoms with E-state index in [9.17, 15) is 4.79 Å². The number of carbonyl (C=O) groups is 1. The molecular formula is C23H33N2O+. The summed E-state index contributed by atoms with van der Waals surface area (Å²) in [5.41, 5.74) is 3.94. The van der Waals surface area contributed by atoms with Crippen LogP contribution in [0.2, 0.25) is 0 Å². The third kappa shape index (κ3) is 3.22. The van der Waals surface area contributed by atoms with Crippen LogP contribution in [0.3, 0.4) is 0 Å². The number of allylic oxidation sites excluding steroid dienone is 1. The summed E-state index contributed by atoms with van der Waals surface area (Å²) in [6, 6.07) is 11.7. The summed E-state index contributed by atoms with van der Waals surface area (Å²) in [5.74, 6) is 0.414. The standard InChI is InChI=1S/C23H32N2O/c1-17-23-21(14-9-15-22(23)26)25(20-12-7-4-8-13-20)18(2)24(17)16-19-10-5-3-6-11-19/h3,5-6,10-11,17-18,20H,4,7-9,12-16H2,1-2H3/p+1/t17-,18-/m1/s1. The number of carbonyl (C=O) groups excluding carboxylic acids is 1. The molecule has 1 N–H and O–H groups in total. The van der Waals surface area contributed by atoms with Gasteiger partial charge >= 0.3 is 0 Å². The normalized spacial score (nSPS) is 30.5. The van der Waals surface area contributed by atoms with Crippen molar-refractivity contribution in [2.75, 3.05) is 0 Å². The lowest BCUT2D eigenvalue weighted by Crippen LogP contribution is -3.20. The van der Waals surface area contributed by atoms with E-state index in [4.69, 9.17) is 0 Å². The lowest BCUT2D eigenvalue weighted by molar-refractivity contribution is -0.967. The number of nitrogens with zero attached hydrogens (tertiary/aromatic N) is 1. The van der Waals surface area contributed by atoms with Gasteiger partial charge in [0, 0.05) is 30.6 Å². The Hall–Kier alpha value is -1.61. The van der Waals surface area contributed by atoms with E-state index >= 15 is 0 Å². The van der Waals surface area contributed by atoms with Crippen molar-refractivity contribution in [3.63, 3.8) is 0 Å². The third-order valence-electron chi connectivity index (χ3n) is 6.90. The number of hydrogen-bond acceptors (Lipinski definition) is 2. The predicted molar refractivity (Wildman–Crippen MR) is 105 cm³/mol. The molecule has 2 aliphatic carbocycles. The Balaban J connectivity index is 1.70. The first-order chi connectivity index (χ1) is 12.7. The molecule has 1 saturated carbocycles. The van der Waals surface area contributed by atoms with Crippen LogP contribution in [-0.2, 0) is 11.3 Å². The average Bonchev–Trinajstić information content (AvgIpc) is 2.67. The van der Waals surface area contributed by atoms with Crippen LogP contribution in [0.1, 0.15) is 70.8 Å². The van der Waals surface area contributed by atoms with Gasteiger partial charge in [0.2, 0.25) is 0 Å². The van der Waals surface area contributed by atoms with Gasteiger partial charge in [-0.25, -0.2) is 0 Å². The Morgan fingerprint density at radius 2 is 1.73 bits per heavy atom. The zero-order valence-corrected chi connectivity index (χ0v) is 16.3. The summed E-state index contributed by atoms with van der Waals surface area (Å²) in [6.07, 6.45) is 9.97. The second-order valence-corrected chi connectivity index (χ2v) is 8.47. The minimum Gasteiger partial charge on any atom is -0.323 e. The monoisotopic (exact) mass is 353 g/mol. The summed E-state index contributed by atoms with van der Waals surface area (Å²) < 4.78 is 0. The zero-order chi connectivity index (χ0) is 18.1. The van der Waals surface area contributed by atoms with Crippen molar-refractivity contribution in [2.45, 2.75) is 90.0 Å². The summed E-state index contributed by atoms with van der Waals surface area (Å²) in [7, 11) is 0. The topological polar surface area (TPSA) is 24.8 Å². The molecule has 0 saturated heterocycles. The van der Waals surface area contributed by atoms with E-state index < -0.39 is 0 Å². The van der Waals surface area contributed by atoms with Crippen molar-refractivity contribution >= 4 is 5.78 Å². The second kappa shape index (κ2) is 7.56. The number of Topliss-reactive ketones (excluding diaryl/α,β-unsaturated/α-hetero) is 1. The van der Waals surface area contributed by atoms with E-state index in [0.717, 1.165) is 31.4 Å². The fourth-order valence-electron chi connectivity index (χ4n) is 5.59. The molecule has 140 valence electrons. The first kappa shape index (κ1) is 17.8. The summed E-state index contributed by atoms with van der Waals surface area (Å²) >= 11 is 0. The zero-order valence-electron chi connectivity index (χ0n) is 16.3. The number of nitrogens with one attached hydrogen (secondary N) is 1. The highest BCUT2D eigenvalue weighted by Gasteiger charge is 2.45. The Bertz CT molecular complexity index is 675. The summed E-state index contributed by atoms with van der Waals surface area (Å²) in [6.45, 7) is 5.67. The van der Waals surface area contributed by atoms with Crippen LogP contribution >= 0.6 is 0 Å². The molecule has 26 heavy (non-hydrogen) atoms. The van der Waals surface area contributed by atoms with E-state index in [1.807, 2.05) is 0 Å². The van der Waals surface area contributed by atoms with Crippen molar-refractivity contribution in [3.8, 4) is 0 Å². The van der Waals surface area contributed by atoms with Gasteiger partial charge in [-0.15, -0.1) is 0 Å². The minimum atomic E-state index is 0.299. The highest BCUT2D eigenvalue weighted by molar-refractivity contribution is 5.97. The highest BCUT2D eigenvalue weighted by Crippen LogP contribution is 2.35. The van der Waals surface area contributed by atoms with Crippen LogP contribution in [0.15, 0.2) is 41.6 Å². The molecule has 0 spiro atoms. The van der Waals surface area contributed by atoms with Gasteiger partial charge in [-0.2, -0.15) is 0 Å². The first-order valence-corrected chi connectivity index (χ1v) is 10.6. The van der Waals surface area contributed by atoms with Gasteiger partial charge in [-0.05, 0) is 32.6 Å². The predicted octanol–water partition coefficient (Wildman–Crippen LogP) is 3.46. The lowest BCUT2D eigenvalue weighted by atomic mass is 9.84. The van der Waals surface area contributed by atoms with E-state index in [1.54, 1.807) is 0 Å². The molecule has 4 rings (SSSR count). The van der Waals surface area contributed by atoms with Gasteiger partial charge in [0.05, 0.1) is 5.57 Å². The molecular weight excluding hydrogens is 320 g/mol. The SMILES string of the molecule is C[C@@H]1C2=C(CCCC2=O)N(C2CCCCC2)[C@H](C)[NH+]1Cc1ccccc1. The molecule has 3 heteroatoms. The molecule has 3 atom stereocenters. The highest BCUT2D eigenvalue weighted by atomic mass is 16.1. The number of benzene rings is 1. The maximum absolute atomic E-state index is 12.9. The van der Waals surface area contributed by atoms with Gasteiger partial charge < -0.3 is 9.80 Å². The Morgan fingerprint density at radius 1 is 1.00 bits per heavy atom. The summed E-state index contributed by atoms with van der Waals surface area (Å²) in [5, 5.41) is 0. The van der Waals surface area contributed by atoms with E-state index in [-0.39, 0.29) is 0 Å². The van der Waals surface area contributed by atoms with Crippen LogP contribution in [0, 0.1) is 0 Å². The van der Waals surface area contributed by atoms with E-state index in [1.165, 1.54) is 48.3 Å². The molecule has 0 bridgehead atoms. The second-order valence-electron chi connectivity index (χ2n) is 8.47. The molecule has 1 unspecified atom stereocenters. The maximum Gasteiger partial charge on any atom is 0.166 e. The van der Waals surface area contributed by atoms with Crippen molar-refractivity contribution in [3.05, 3.63) is 47.2 Å². The van der Waals surface area contributed by atoms with Crippen LogP contribution in [0.25, 0.3) is 0 Å². The molecule has 1 aromatic rings. The fourth-order valence-corrected chi connectivity index (χ4v) is 5.59. The van der Waals surface area contributed by atoms with Crippen LogP contribution in [-0.4, -0.2) is 28.9 Å². The lowest BCUT2D eigenvalue weighted by Gasteiger charge is -2.51. The fraction of sp³-hybridized carbons (Fsp3) is 0.609. The van der Waals surface area contributed by atoms with Gasteiger partial charge in [-0.3, -0.25) is 4.79 Å². The Labute approximate surface area is 158 Å². The van der Waals surface area contributed by atoms with Crippen molar-refractivity contribution in [1.82, 2.24) is 4.90 Å². The quantitative estimate of drug-likeness (QED) is 0.900. The number of hydrogen-bond donors (Lipinski definition) is 1. The van der Waals surface area contributed by atoms with Gasteiger partial charge in [-0.1, -0.05) is 49.6 Å². The molecule has 1 fully saturated rings. The smallest absolute Gasteiger partial charge is 0.166 e. The third-order valence-corrected chi connectivity index (χ3v) is 6.90. The number of rotatable bonds is 3. The van der Waals surface area contributed by atoms with E-state index in [0.29, 0.717) is 24.0 Å². The number of ketones is 1. The van der Waals surface area contributed by atoms with Gasteiger partial charge in [0.1, 0.15) is 12.6 Å². The van der Waals surface area contributed by atoms with Crippen molar-refractivity contribution in [1.29, 1.82) is 0 Å². The summed E-state index contributed by atoms with van der Waals surface area (Å²) in [4.78, 5) is 17.1. The number of quaternary nitrogens is 1. The average molecular weight is 354 g/mol. The maximum atomic E-state index is 12.9. The van der Waals surface area contributed by atoms with Crippen LogP contribution in [0.4, 0.5) is 0 Å². The largest absolute Gasteiger partial charge is 0.323 e. The van der Waals surface area contributed by atoms with Gasteiger partial charge in [0.25, 0.3) is 0 Å². The molecule has 3 aliphatic rings. The molecule has 1 heterocycles. The molecule has 1 aliphatic heterocycles. The Morgan fingerprint density at radius 3 is 2.46 bits per heavy atom. The van der Waals surface area contributed by atoms with Crippen LogP contribution < -0.4 is 4.90 Å². The molecule has 3 nitrogen and oxygen atoms in total. The molecule has 0 amide bonds. The Kier molecular flexibility index (Phi) is 5.17. The van der Waals surface area contributed by atoms with E-state index in [2.05, 4.69) is 49.1 Å². The molecule has 0 aromatic heterocycles. The first-order valence-electron chi connectivity index (χ1n) is 10.6. The van der Waals surface area contributed by atoms with Crippen LogP contribution in [0.5, 0.6) is 0 Å². The van der Waals surface area contributed by atoms with Gasteiger partial charge in [0.15, 0.2) is 11.9 Å². The minimum absolute atomic E-state index is 0.299. The van der Waals surface area contributed by atoms with Crippen molar-refractivity contribution in [2.24, 2.45) is 0 Å². The van der Waals surface area contributed by atoms with Crippen molar-refractivity contribution < 1.29 is 9.69 Å². The molecule has 1 aromatic carbocycles. The molecule has 0 radical (unpaired) electrons.